The van der Waals surface area contributed by atoms with E-state index in [1.54, 1.807) is 0 Å². The molecule has 0 bridgehead atoms. The molecule has 0 aromatic carbocycles. The Labute approximate surface area is 155 Å². The number of carboxylic acid groups (broad SMARTS) is 4. The number of unbranched alkanes of at least 4 members (excludes halogenated alkanes) is 1. The third-order valence-electron chi connectivity index (χ3n) is 2.51. The largest absolute Gasteiger partial charge is 0.481 e. The van der Waals surface area contributed by atoms with E-state index in [9.17, 15) is 19.2 Å². The number of aliphatic carboxylic acids is 4. The maximum atomic E-state index is 10.1. The Morgan fingerprint density at radius 1 is 0.769 bits per heavy atom. The summed E-state index contributed by atoms with van der Waals surface area (Å²) in [6.45, 7) is 0.604. The van der Waals surface area contributed by atoms with E-state index in [0.29, 0.717) is 13.0 Å². The molecule has 0 saturated carbocycles. The molecule has 0 saturated heterocycles. The van der Waals surface area contributed by atoms with Crippen LogP contribution in [0.3, 0.4) is 0 Å². The summed E-state index contributed by atoms with van der Waals surface area (Å²) in [5.74, 6) is -4.25. The molecular formula is C13H28N4O8S. The molecule has 0 aliphatic heterocycles. The Morgan fingerprint density at radius 2 is 1.19 bits per heavy atom. The predicted octanol–water partition coefficient (Wildman–Crippen LogP) is -2.27. The monoisotopic (exact) mass is 400 g/mol. The van der Waals surface area contributed by atoms with Crippen molar-refractivity contribution in [3.63, 3.8) is 0 Å². The Balaban J connectivity index is -0.000000310. The fourth-order valence-electron chi connectivity index (χ4n) is 0.986. The van der Waals surface area contributed by atoms with Crippen LogP contribution in [0.25, 0.3) is 0 Å². The van der Waals surface area contributed by atoms with Crippen molar-refractivity contribution < 1.29 is 39.6 Å². The molecule has 26 heavy (non-hydrogen) atoms. The van der Waals surface area contributed by atoms with Crippen molar-refractivity contribution in [2.75, 3.05) is 12.3 Å². The van der Waals surface area contributed by atoms with Gasteiger partial charge in [0.2, 0.25) is 0 Å². The normalized spacial score (nSPS) is 13.0. The van der Waals surface area contributed by atoms with E-state index in [4.69, 9.17) is 43.4 Å². The predicted molar refractivity (Wildman–Crippen MR) is 95.8 cm³/mol. The van der Waals surface area contributed by atoms with Gasteiger partial charge in [-0.15, -0.1) is 0 Å². The maximum Gasteiger partial charge on any atom is 0.321 e. The highest BCUT2D eigenvalue weighted by atomic mass is 32.1. The summed E-state index contributed by atoms with van der Waals surface area (Å²) in [5.41, 5.74) is 20.2. The highest BCUT2D eigenvalue weighted by molar-refractivity contribution is 7.80. The minimum absolute atomic E-state index is 0.190. The average molecular weight is 400 g/mol. The third kappa shape index (κ3) is 22.1. The summed E-state index contributed by atoms with van der Waals surface area (Å²) in [7, 11) is 0. The molecule has 0 spiro atoms. The third-order valence-corrected chi connectivity index (χ3v) is 2.91. The molecule has 154 valence electrons. The van der Waals surface area contributed by atoms with Crippen molar-refractivity contribution in [2.24, 2.45) is 22.9 Å². The van der Waals surface area contributed by atoms with Crippen LogP contribution in [0.4, 0.5) is 0 Å². The number of thiol groups is 1. The second kappa shape index (κ2) is 17.9. The van der Waals surface area contributed by atoms with Gasteiger partial charge in [0.05, 0.1) is 6.42 Å². The van der Waals surface area contributed by atoms with Gasteiger partial charge in [-0.3, -0.25) is 19.2 Å². The van der Waals surface area contributed by atoms with E-state index < -0.39 is 48.4 Å². The van der Waals surface area contributed by atoms with Crippen LogP contribution in [0.5, 0.6) is 0 Å². The topological polar surface area (TPSA) is 253 Å². The lowest BCUT2D eigenvalue weighted by atomic mass is 10.1. The molecule has 12 N–H and O–H groups in total. The highest BCUT2D eigenvalue weighted by Gasteiger charge is 2.14. The molecule has 0 unspecified atom stereocenters. The Kier molecular flexibility index (Phi) is 19.8. The zero-order chi connectivity index (χ0) is 21.3. The van der Waals surface area contributed by atoms with Crippen LogP contribution in [0, 0.1) is 0 Å². The molecule has 0 heterocycles. The summed E-state index contributed by atoms with van der Waals surface area (Å²) in [6, 6.07) is -2.82. The Hall–Kier alpha value is -1.93. The maximum absolute atomic E-state index is 10.1. The fraction of sp³-hybridized carbons (Fsp3) is 0.692. The minimum Gasteiger partial charge on any atom is -0.481 e. The lowest BCUT2D eigenvalue weighted by Gasteiger charge is -2.03. The van der Waals surface area contributed by atoms with Crippen LogP contribution in [0.15, 0.2) is 0 Å². The highest BCUT2D eigenvalue weighted by Crippen LogP contribution is 1.97. The van der Waals surface area contributed by atoms with Gasteiger partial charge in [0.25, 0.3) is 0 Å². The van der Waals surface area contributed by atoms with Gasteiger partial charge >= 0.3 is 23.9 Å². The number of nitrogens with two attached hydrogens (primary N) is 4. The van der Waals surface area contributed by atoms with Crippen LogP contribution in [0.1, 0.15) is 25.7 Å². The van der Waals surface area contributed by atoms with Crippen LogP contribution >= 0.6 is 12.6 Å². The van der Waals surface area contributed by atoms with Gasteiger partial charge in [0, 0.05) is 5.75 Å². The van der Waals surface area contributed by atoms with Crippen molar-refractivity contribution in [1.82, 2.24) is 0 Å². The fourth-order valence-corrected chi connectivity index (χ4v) is 1.14. The van der Waals surface area contributed by atoms with Gasteiger partial charge < -0.3 is 43.4 Å². The molecule has 13 heteroatoms. The average Bonchev–Trinajstić information content (AvgIpc) is 2.54. The molecule has 12 nitrogen and oxygen atoms in total. The minimum atomic E-state index is -1.29. The van der Waals surface area contributed by atoms with Crippen LogP contribution < -0.4 is 22.9 Å². The standard InChI is InChI=1S/C6H14N2O2.C4H7NO4.C3H7NO2S/c7-4-2-1-3-5(8)6(9)10;5-2(4(8)9)1-3(6)7;4-2(1-7)3(5)6/h5H,1-4,7-8H2,(H,9,10);2H,1,5H2,(H,6,7)(H,8,9);2,7H,1,4H2,(H,5,6)/t5-;2*2-/m000/s1. The second-order valence-electron chi connectivity index (χ2n) is 4.90. The zero-order valence-electron chi connectivity index (χ0n) is 14.2. The summed E-state index contributed by atoms with van der Waals surface area (Å²) < 4.78 is 0. The van der Waals surface area contributed by atoms with E-state index in [0.717, 1.165) is 12.8 Å². The lowest BCUT2D eigenvalue weighted by molar-refractivity contribution is -0.144. The van der Waals surface area contributed by atoms with Gasteiger partial charge in [-0.2, -0.15) is 12.6 Å². The molecule has 0 rings (SSSR count). The van der Waals surface area contributed by atoms with Crippen molar-refractivity contribution in [3.05, 3.63) is 0 Å². The van der Waals surface area contributed by atoms with Gasteiger partial charge in [0.1, 0.15) is 18.1 Å². The van der Waals surface area contributed by atoms with E-state index in [2.05, 4.69) is 12.6 Å². The Morgan fingerprint density at radius 3 is 1.38 bits per heavy atom. The SMILES string of the molecule is NCCCC[C@H](N)C(=O)O.N[C@@H](CC(=O)O)C(=O)O.N[C@@H](CS)C(=O)O. The number of carboxylic acids is 4. The van der Waals surface area contributed by atoms with Crippen LogP contribution in [-0.2, 0) is 19.2 Å². The molecule has 0 radical (unpaired) electrons. The van der Waals surface area contributed by atoms with E-state index in [-0.39, 0.29) is 5.75 Å². The van der Waals surface area contributed by atoms with Gasteiger partial charge in [-0.1, -0.05) is 6.42 Å². The molecule has 0 aliphatic rings. The summed E-state index contributed by atoms with van der Waals surface area (Å²) in [6.07, 6.45) is 1.63. The zero-order valence-corrected chi connectivity index (χ0v) is 15.0. The molecule has 0 aliphatic carbocycles. The summed E-state index contributed by atoms with van der Waals surface area (Å²) >= 11 is 3.65. The van der Waals surface area contributed by atoms with Crippen LogP contribution in [-0.4, -0.2) is 74.7 Å². The first-order valence-electron chi connectivity index (χ1n) is 7.38. The first-order valence-corrected chi connectivity index (χ1v) is 8.01. The molecule has 0 fully saturated rings. The van der Waals surface area contributed by atoms with E-state index in [1.165, 1.54) is 0 Å². The van der Waals surface area contributed by atoms with Gasteiger partial charge in [-0.25, -0.2) is 0 Å². The van der Waals surface area contributed by atoms with E-state index in [1.807, 2.05) is 0 Å². The molecule has 0 amide bonds. The molecule has 0 aromatic rings. The second-order valence-corrected chi connectivity index (χ2v) is 5.26. The lowest BCUT2D eigenvalue weighted by Crippen LogP contribution is -2.32. The first-order chi connectivity index (χ1) is 11.9. The van der Waals surface area contributed by atoms with Gasteiger partial charge in [-0.05, 0) is 19.4 Å². The quantitative estimate of drug-likeness (QED) is 0.139. The van der Waals surface area contributed by atoms with Crippen molar-refractivity contribution >= 4 is 36.5 Å². The first kappa shape index (κ1) is 28.9. The molecular weight excluding hydrogens is 372 g/mol. The summed E-state index contributed by atoms with van der Waals surface area (Å²) in [5, 5.41) is 32.4. The number of hydrogen-bond donors (Lipinski definition) is 9. The van der Waals surface area contributed by atoms with Crippen molar-refractivity contribution in [2.45, 2.75) is 43.8 Å². The van der Waals surface area contributed by atoms with Gasteiger partial charge in [0.15, 0.2) is 0 Å². The molecule has 0 aromatic heterocycles. The van der Waals surface area contributed by atoms with Crippen molar-refractivity contribution in [3.8, 4) is 0 Å². The molecule has 3 atom stereocenters. The summed E-state index contributed by atoms with van der Waals surface area (Å²) in [4.78, 5) is 39.5. The number of rotatable bonds is 10. The number of carbonyl (C=O) groups is 4. The Bertz CT molecular complexity index is 438. The van der Waals surface area contributed by atoms with Crippen molar-refractivity contribution in [1.29, 1.82) is 0 Å². The number of hydrogen-bond acceptors (Lipinski definition) is 9. The van der Waals surface area contributed by atoms with Crippen LogP contribution in [0.2, 0.25) is 0 Å². The smallest absolute Gasteiger partial charge is 0.321 e. The van der Waals surface area contributed by atoms with E-state index >= 15 is 0 Å².